The number of ether oxygens (including phenoxy) is 1. The third-order valence-corrected chi connectivity index (χ3v) is 4.02. The molecule has 2 aromatic carbocycles. The van der Waals surface area contributed by atoms with Crippen LogP contribution in [-0.4, -0.2) is 40.7 Å². The van der Waals surface area contributed by atoms with E-state index < -0.39 is 12.2 Å². The molecule has 0 aromatic heterocycles. The lowest BCUT2D eigenvalue weighted by Gasteiger charge is -2.24. The van der Waals surface area contributed by atoms with Crippen LogP contribution in [0.3, 0.4) is 0 Å². The van der Waals surface area contributed by atoms with Crippen LogP contribution in [-0.2, 0) is 6.54 Å². The number of benzene rings is 2. The van der Waals surface area contributed by atoms with E-state index in [1.165, 1.54) is 15.9 Å². The molecule has 1 N–H and O–H groups in total. The maximum absolute atomic E-state index is 12.6. The predicted octanol–water partition coefficient (Wildman–Crippen LogP) is 4.82. The molecular formula is C20H23ClN2O4. The molecule has 2 amide bonds. The SMILES string of the molecule is CC(C)N(C(=O)O)c1cccc(OC(=O)N(CCCl)Cc2ccccc2)c1. The molecule has 0 bridgehead atoms. The van der Waals surface area contributed by atoms with Crippen LogP contribution in [0.25, 0.3) is 0 Å². The quantitative estimate of drug-likeness (QED) is 0.688. The molecule has 0 atom stereocenters. The highest BCUT2D eigenvalue weighted by atomic mass is 35.5. The van der Waals surface area contributed by atoms with Gasteiger partial charge >= 0.3 is 12.2 Å². The van der Waals surface area contributed by atoms with Crippen LogP contribution in [0.2, 0.25) is 0 Å². The Kier molecular flexibility index (Phi) is 7.49. The van der Waals surface area contributed by atoms with Gasteiger partial charge in [-0.05, 0) is 31.5 Å². The Hall–Kier alpha value is -2.73. The normalized spacial score (nSPS) is 10.5. The first-order chi connectivity index (χ1) is 12.9. The zero-order chi connectivity index (χ0) is 19.8. The molecule has 7 heteroatoms. The van der Waals surface area contributed by atoms with Crippen molar-refractivity contribution in [1.82, 2.24) is 4.90 Å². The van der Waals surface area contributed by atoms with Gasteiger partial charge in [0.25, 0.3) is 0 Å². The van der Waals surface area contributed by atoms with Crippen LogP contribution in [0.5, 0.6) is 5.75 Å². The Morgan fingerprint density at radius 3 is 2.41 bits per heavy atom. The largest absolute Gasteiger partial charge is 0.465 e. The zero-order valence-electron chi connectivity index (χ0n) is 15.3. The van der Waals surface area contributed by atoms with Crippen molar-refractivity contribution in [2.24, 2.45) is 0 Å². The van der Waals surface area contributed by atoms with E-state index in [1.807, 2.05) is 30.3 Å². The molecule has 0 heterocycles. The van der Waals surface area contributed by atoms with Gasteiger partial charge in [0.2, 0.25) is 0 Å². The molecule has 0 aliphatic heterocycles. The van der Waals surface area contributed by atoms with Crippen LogP contribution in [0.1, 0.15) is 19.4 Å². The molecular weight excluding hydrogens is 368 g/mol. The molecule has 0 aliphatic carbocycles. The standard InChI is InChI=1S/C20H23ClN2O4/c1-15(2)23(19(24)25)17-9-6-10-18(13-17)27-20(26)22(12-11-21)14-16-7-4-3-5-8-16/h3-10,13,15H,11-12,14H2,1-2H3,(H,24,25). The monoisotopic (exact) mass is 390 g/mol. The molecule has 6 nitrogen and oxygen atoms in total. The van der Waals surface area contributed by atoms with Crippen LogP contribution >= 0.6 is 11.6 Å². The Morgan fingerprint density at radius 2 is 1.81 bits per heavy atom. The average molecular weight is 391 g/mol. The van der Waals surface area contributed by atoms with Crippen molar-refractivity contribution >= 4 is 29.5 Å². The number of amides is 2. The van der Waals surface area contributed by atoms with Gasteiger partial charge < -0.3 is 14.7 Å². The van der Waals surface area contributed by atoms with Crippen LogP contribution in [0, 0.1) is 0 Å². The Bertz CT molecular complexity index is 768. The number of alkyl halides is 1. The maximum Gasteiger partial charge on any atom is 0.415 e. The highest BCUT2D eigenvalue weighted by Crippen LogP contribution is 2.24. The van der Waals surface area contributed by atoms with Gasteiger partial charge in [-0.15, -0.1) is 11.6 Å². The number of carbonyl (C=O) groups is 2. The summed E-state index contributed by atoms with van der Waals surface area (Å²) in [5.74, 6) is 0.555. The molecule has 144 valence electrons. The molecule has 2 aromatic rings. The van der Waals surface area contributed by atoms with Crippen molar-refractivity contribution in [3.8, 4) is 5.75 Å². The molecule has 0 saturated carbocycles. The van der Waals surface area contributed by atoms with E-state index in [9.17, 15) is 14.7 Å². The fourth-order valence-corrected chi connectivity index (χ4v) is 2.84. The van der Waals surface area contributed by atoms with E-state index in [0.29, 0.717) is 18.8 Å². The summed E-state index contributed by atoms with van der Waals surface area (Å²) in [7, 11) is 0. The maximum atomic E-state index is 12.6. The number of nitrogens with zero attached hydrogens (tertiary/aromatic N) is 2. The van der Waals surface area contributed by atoms with E-state index in [1.54, 1.807) is 32.0 Å². The first-order valence-corrected chi connectivity index (χ1v) is 9.14. The van der Waals surface area contributed by atoms with Crippen LogP contribution < -0.4 is 9.64 Å². The fraction of sp³-hybridized carbons (Fsp3) is 0.300. The van der Waals surface area contributed by atoms with Crippen LogP contribution in [0.15, 0.2) is 54.6 Å². The molecule has 0 saturated heterocycles. The minimum atomic E-state index is -1.07. The van der Waals surface area contributed by atoms with Crippen LogP contribution in [0.4, 0.5) is 15.3 Å². The molecule has 27 heavy (non-hydrogen) atoms. The number of hydrogen-bond acceptors (Lipinski definition) is 3. The molecule has 0 aliphatic rings. The predicted molar refractivity (Wildman–Crippen MR) is 106 cm³/mol. The van der Waals surface area contributed by atoms with Gasteiger partial charge in [-0.25, -0.2) is 9.59 Å². The van der Waals surface area contributed by atoms with Gasteiger partial charge in [0, 0.05) is 31.1 Å². The van der Waals surface area contributed by atoms with Crippen molar-refractivity contribution in [3.63, 3.8) is 0 Å². The summed E-state index contributed by atoms with van der Waals surface area (Å²) in [6, 6.07) is 15.7. The van der Waals surface area contributed by atoms with Crippen molar-refractivity contribution in [2.45, 2.75) is 26.4 Å². The topological polar surface area (TPSA) is 70.1 Å². The van der Waals surface area contributed by atoms with Crippen molar-refractivity contribution in [1.29, 1.82) is 0 Å². The minimum absolute atomic E-state index is 0.251. The molecule has 0 fully saturated rings. The van der Waals surface area contributed by atoms with Gasteiger partial charge in [0.15, 0.2) is 0 Å². The van der Waals surface area contributed by atoms with Gasteiger partial charge in [-0.1, -0.05) is 36.4 Å². The Balaban J connectivity index is 2.15. The second-order valence-corrected chi connectivity index (χ2v) is 6.59. The third kappa shape index (κ3) is 5.89. The van der Waals surface area contributed by atoms with E-state index in [4.69, 9.17) is 16.3 Å². The number of halogens is 1. The van der Waals surface area contributed by atoms with Gasteiger partial charge in [-0.3, -0.25) is 4.90 Å². The summed E-state index contributed by atoms with van der Waals surface area (Å²) in [5, 5.41) is 9.39. The van der Waals surface area contributed by atoms with E-state index in [0.717, 1.165) is 5.56 Å². The number of carbonyl (C=O) groups excluding carboxylic acids is 1. The van der Waals surface area contributed by atoms with E-state index in [2.05, 4.69) is 0 Å². The second kappa shape index (κ2) is 9.83. The third-order valence-electron chi connectivity index (χ3n) is 3.85. The Labute approximate surface area is 163 Å². The molecule has 0 spiro atoms. The molecule has 0 unspecified atom stereocenters. The summed E-state index contributed by atoms with van der Waals surface area (Å²) < 4.78 is 5.46. The number of rotatable bonds is 7. The smallest absolute Gasteiger partial charge is 0.415 e. The number of hydrogen-bond donors (Lipinski definition) is 1. The summed E-state index contributed by atoms with van der Waals surface area (Å²) in [6.45, 7) is 4.26. The summed E-state index contributed by atoms with van der Waals surface area (Å²) in [4.78, 5) is 26.8. The molecule has 0 radical (unpaired) electrons. The summed E-state index contributed by atoms with van der Waals surface area (Å²) in [5.41, 5.74) is 1.40. The Morgan fingerprint density at radius 1 is 1.11 bits per heavy atom. The van der Waals surface area contributed by atoms with Crippen molar-refractivity contribution in [3.05, 3.63) is 60.2 Å². The van der Waals surface area contributed by atoms with E-state index >= 15 is 0 Å². The average Bonchev–Trinajstić information content (AvgIpc) is 2.62. The second-order valence-electron chi connectivity index (χ2n) is 6.21. The lowest BCUT2D eigenvalue weighted by molar-refractivity contribution is 0.152. The number of carboxylic acid groups (broad SMARTS) is 1. The fourth-order valence-electron chi connectivity index (χ4n) is 2.63. The minimum Gasteiger partial charge on any atom is -0.465 e. The van der Waals surface area contributed by atoms with Gasteiger partial charge in [-0.2, -0.15) is 0 Å². The lowest BCUT2D eigenvalue weighted by Crippen LogP contribution is -2.36. The summed E-state index contributed by atoms with van der Waals surface area (Å²) in [6.07, 6.45) is -1.61. The highest BCUT2D eigenvalue weighted by molar-refractivity contribution is 6.18. The summed E-state index contributed by atoms with van der Waals surface area (Å²) >= 11 is 5.82. The first-order valence-electron chi connectivity index (χ1n) is 8.61. The lowest BCUT2D eigenvalue weighted by atomic mass is 10.2. The van der Waals surface area contributed by atoms with E-state index in [-0.39, 0.29) is 17.7 Å². The number of anilines is 1. The van der Waals surface area contributed by atoms with Gasteiger partial charge in [0.05, 0.1) is 5.69 Å². The highest BCUT2D eigenvalue weighted by Gasteiger charge is 2.20. The van der Waals surface area contributed by atoms with Crippen molar-refractivity contribution < 1.29 is 19.4 Å². The van der Waals surface area contributed by atoms with Crippen molar-refractivity contribution in [2.75, 3.05) is 17.3 Å². The first kappa shape index (κ1) is 20.6. The zero-order valence-corrected chi connectivity index (χ0v) is 16.1. The molecule has 2 rings (SSSR count). The van der Waals surface area contributed by atoms with Gasteiger partial charge in [0.1, 0.15) is 5.75 Å².